The highest BCUT2D eigenvalue weighted by molar-refractivity contribution is 5.14. The average Bonchev–Trinajstić information content (AvgIpc) is 2.53. The lowest BCUT2D eigenvalue weighted by atomic mass is 10.1. The zero-order valence-electron chi connectivity index (χ0n) is 13.7. The molecule has 1 saturated heterocycles. The summed E-state index contributed by atoms with van der Waals surface area (Å²) >= 11 is 0. The van der Waals surface area contributed by atoms with Crippen molar-refractivity contribution in [1.29, 1.82) is 0 Å². The Hall–Kier alpha value is -0.900. The highest BCUT2D eigenvalue weighted by Crippen LogP contribution is 2.12. The molecule has 1 aliphatic heterocycles. The zero-order chi connectivity index (χ0) is 14.9. The van der Waals surface area contributed by atoms with Gasteiger partial charge >= 0.3 is 0 Å². The van der Waals surface area contributed by atoms with Crippen LogP contribution in [0.1, 0.15) is 32.3 Å². The summed E-state index contributed by atoms with van der Waals surface area (Å²) in [5.41, 5.74) is 1.43. The summed E-state index contributed by atoms with van der Waals surface area (Å²) in [5, 5.41) is 3.41. The maximum atomic E-state index is 3.41. The smallest absolute Gasteiger partial charge is 0.0234 e. The predicted octanol–water partition coefficient (Wildman–Crippen LogP) is 2.58. The molecule has 1 aromatic rings. The van der Waals surface area contributed by atoms with Gasteiger partial charge in [-0.15, -0.1) is 0 Å². The molecule has 1 aromatic carbocycles. The van der Waals surface area contributed by atoms with Crippen molar-refractivity contribution < 1.29 is 0 Å². The molecule has 1 aliphatic rings. The summed E-state index contributed by atoms with van der Waals surface area (Å²) in [6, 6.07) is 11.6. The van der Waals surface area contributed by atoms with Crippen LogP contribution in [0.2, 0.25) is 0 Å². The number of hydrogen-bond donors (Lipinski definition) is 1. The lowest BCUT2D eigenvalue weighted by Gasteiger charge is -2.38. The SMILES string of the molecule is CCNCCCC(C)N1CCN(Cc2ccccc2)CC1. The lowest BCUT2D eigenvalue weighted by Crippen LogP contribution is -2.49. The Morgan fingerprint density at radius 3 is 2.48 bits per heavy atom. The summed E-state index contributed by atoms with van der Waals surface area (Å²) in [6.45, 7) is 12.8. The third kappa shape index (κ3) is 5.77. The van der Waals surface area contributed by atoms with Crippen molar-refractivity contribution in [2.75, 3.05) is 39.3 Å². The number of nitrogens with zero attached hydrogens (tertiary/aromatic N) is 2. The van der Waals surface area contributed by atoms with Gasteiger partial charge in [-0.3, -0.25) is 9.80 Å². The van der Waals surface area contributed by atoms with Crippen molar-refractivity contribution in [1.82, 2.24) is 15.1 Å². The highest BCUT2D eigenvalue weighted by atomic mass is 15.3. The van der Waals surface area contributed by atoms with E-state index in [1.54, 1.807) is 0 Å². The molecule has 0 bridgehead atoms. The van der Waals surface area contributed by atoms with Crippen molar-refractivity contribution in [3.63, 3.8) is 0 Å². The molecule has 1 heterocycles. The fraction of sp³-hybridized carbons (Fsp3) is 0.667. The molecule has 3 nitrogen and oxygen atoms in total. The Morgan fingerprint density at radius 2 is 1.81 bits per heavy atom. The molecular formula is C18H31N3. The van der Waals surface area contributed by atoms with Gasteiger partial charge < -0.3 is 5.32 Å². The predicted molar refractivity (Wildman–Crippen MR) is 90.5 cm³/mol. The van der Waals surface area contributed by atoms with Crippen molar-refractivity contribution in [2.24, 2.45) is 0 Å². The van der Waals surface area contributed by atoms with Gasteiger partial charge in [0.2, 0.25) is 0 Å². The molecule has 1 unspecified atom stereocenters. The van der Waals surface area contributed by atoms with E-state index in [9.17, 15) is 0 Å². The van der Waals surface area contributed by atoms with Crippen LogP contribution in [0.4, 0.5) is 0 Å². The third-order valence-corrected chi connectivity index (χ3v) is 4.50. The van der Waals surface area contributed by atoms with Gasteiger partial charge in [-0.05, 0) is 38.4 Å². The van der Waals surface area contributed by atoms with Crippen LogP contribution in [-0.2, 0) is 6.54 Å². The van der Waals surface area contributed by atoms with E-state index in [-0.39, 0.29) is 0 Å². The van der Waals surface area contributed by atoms with Crippen LogP contribution in [0.25, 0.3) is 0 Å². The Labute approximate surface area is 130 Å². The van der Waals surface area contributed by atoms with E-state index in [0.29, 0.717) is 0 Å². The Balaban J connectivity index is 1.65. The van der Waals surface area contributed by atoms with Gasteiger partial charge in [0.25, 0.3) is 0 Å². The van der Waals surface area contributed by atoms with Crippen molar-refractivity contribution >= 4 is 0 Å². The Bertz CT molecular complexity index is 371. The summed E-state index contributed by atoms with van der Waals surface area (Å²) in [6.07, 6.45) is 2.60. The fourth-order valence-electron chi connectivity index (χ4n) is 3.09. The van der Waals surface area contributed by atoms with E-state index in [1.165, 1.54) is 44.6 Å². The molecule has 0 aliphatic carbocycles. The second-order valence-electron chi connectivity index (χ2n) is 6.14. The number of rotatable bonds is 8. The van der Waals surface area contributed by atoms with E-state index in [1.807, 2.05) is 0 Å². The number of hydrogen-bond acceptors (Lipinski definition) is 3. The number of benzene rings is 1. The van der Waals surface area contributed by atoms with E-state index in [2.05, 4.69) is 59.3 Å². The first kappa shape index (κ1) is 16.5. The summed E-state index contributed by atoms with van der Waals surface area (Å²) in [4.78, 5) is 5.24. The molecule has 0 saturated carbocycles. The minimum atomic E-state index is 0.725. The normalized spacial score (nSPS) is 18.8. The first-order chi connectivity index (χ1) is 10.3. The first-order valence-corrected chi connectivity index (χ1v) is 8.50. The molecule has 1 N–H and O–H groups in total. The maximum absolute atomic E-state index is 3.41. The second kappa shape index (κ2) is 9.19. The zero-order valence-corrected chi connectivity index (χ0v) is 13.7. The lowest BCUT2D eigenvalue weighted by molar-refractivity contribution is 0.0938. The van der Waals surface area contributed by atoms with Crippen LogP contribution >= 0.6 is 0 Å². The van der Waals surface area contributed by atoms with Crippen LogP contribution in [0.5, 0.6) is 0 Å². The van der Waals surface area contributed by atoms with Gasteiger partial charge in [0.05, 0.1) is 0 Å². The van der Waals surface area contributed by atoms with Crippen LogP contribution in [0.3, 0.4) is 0 Å². The maximum Gasteiger partial charge on any atom is 0.0234 e. The monoisotopic (exact) mass is 289 g/mol. The summed E-state index contributed by atoms with van der Waals surface area (Å²) in [7, 11) is 0. The van der Waals surface area contributed by atoms with Crippen molar-refractivity contribution in [3.8, 4) is 0 Å². The minimum Gasteiger partial charge on any atom is -0.317 e. The van der Waals surface area contributed by atoms with Crippen LogP contribution < -0.4 is 5.32 Å². The average molecular weight is 289 g/mol. The quantitative estimate of drug-likeness (QED) is 0.742. The van der Waals surface area contributed by atoms with E-state index < -0.39 is 0 Å². The summed E-state index contributed by atoms with van der Waals surface area (Å²) < 4.78 is 0. The molecule has 118 valence electrons. The molecular weight excluding hydrogens is 258 g/mol. The van der Waals surface area contributed by atoms with E-state index in [4.69, 9.17) is 0 Å². The van der Waals surface area contributed by atoms with E-state index in [0.717, 1.165) is 25.7 Å². The molecule has 21 heavy (non-hydrogen) atoms. The minimum absolute atomic E-state index is 0.725. The standard InChI is InChI=1S/C18H31N3/c1-3-19-11-7-8-17(2)21-14-12-20(13-15-21)16-18-9-5-4-6-10-18/h4-6,9-10,17,19H,3,7-8,11-16H2,1-2H3. The van der Waals surface area contributed by atoms with Gasteiger partial charge in [-0.1, -0.05) is 37.3 Å². The van der Waals surface area contributed by atoms with Crippen LogP contribution in [0.15, 0.2) is 30.3 Å². The molecule has 1 fully saturated rings. The molecule has 0 spiro atoms. The van der Waals surface area contributed by atoms with Gasteiger partial charge in [0.15, 0.2) is 0 Å². The molecule has 3 heteroatoms. The van der Waals surface area contributed by atoms with Gasteiger partial charge in [0.1, 0.15) is 0 Å². The Morgan fingerprint density at radius 1 is 1.10 bits per heavy atom. The van der Waals surface area contributed by atoms with Gasteiger partial charge in [-0.25, -0.2) is 0 Å². The molecule has 2 rings (SSSR count). The first-order valence-electron chi connectivity index (χ1n) is 8.50. The molecule has 0 aromatic heterocycles. The fourth-order valence-corrected chi connectivity index (χ4v) is 3.09. The summed E-state index contributed by atoms with van der Waals surface area (Å²) in [5.74, 6) is 0. The van der Waals surface area contributed by atoms with E-state index >= 15 is 0 Å². The number of piperazine rings is 1. The van der Waals surface area contributed by atoms with Gasteiger partial charge in [-0.2, -0.15) is 0 Å². The molecule has 0 amide bonds. The largest absolute Gasteiger partial charge is 0.317 e. The third-order valence-electron chi connectivity index (χ3n) is 4.50. The van der Waals surface area contributed by atoms with Gasteiger partial charge in [0, 0.05) is 38.8 Å². The number of nitrogens with one attached hydrogen (secondary N) is 1. The topological polar surface area (TPSA) is 18.5 Å². The van der Waals surface area contributed by atoms with Crippen LogP contribution in [0, 0.1) is 0 Å². The molecule has 0 radical (unpaired) electrons. The van der Waals surface area contributed by atoms with Crippen molar-refractivity contribution in [3.05, 3.63) is 35.9 Å². The molecule has 1 atom stereocenters. The second-order valence-corrected chi connectivity index (χ2v) is 6.14. The highest BCUT2D eigenvalue weighted by Gasteiger charge is 2.20. The Kier molecular flexibility index (Phi) is 7.20. The van der Waals surface area contributed by atoms with Crippen molar-refractivity contribution in [2.45, 2.75) is 39.3 Å². The van der Waals surface area contributed by atoms with Crippen LogP contribution in [-0.4, -0.2) is 55.1 Å².